The average Bonchev–Trinajstić information content (AvgIpc) is 2.78. The minimum Gasteiger partial charge on any atom is -0.382 e. The lowest BCUT2D eigenvalue weighted by atomic mass is 10.1. The van der Waals surface area contributed by atoms with Crippen molar-refractivity contribution in [1.29, 1.82) is 0 Å². The van der Waals surface area contributed by atoms with Crippen LogP contribution in [0.4, 0.5) is 11.5 Å². The summed E-state index contributed by atoms with van der Waals surface area (Å²) in [4.78, 5) is 2.09. The van der Waals surface area contributed by atoms with Crippen LogP contribution in [0.2, 0.25) is 5.02 Å². The molecule has 0 saturated carbocycles. The molecule has 9 heteroatoms. The highest BCUT2D eigenvalue weighted by Crippen LogP contribution is 2.33. The molecule has 0 aliphatic carbocycles. The van der Waals surface area contributed by atoms with Gasteiger partial charge in [0.15, 0.2) is 5.82 Å². The van der Waals surface area contributed by atoms with Gasteiger partial charge in [0.25, 0.3) is 0 Å². The highest BCUT2D eigenvalue weighted by atomic mass is 35.5. The van der Waals surface area contributed by atoms with Crippen LogP contribution in [0.25, 0.3) is 10.9 Å². The van der Waals surface area contributed by atoms with E-state index in [4.69, 9.17) is 17.3 Å². The van der Waals surface area contributed by atoms with E-state index in [1.54, 1.807) is 6.07 Å². The number of sulfonamides is 1. The summed E-state index contributed by atoms with van der Waals surface area (Å²) in [7, 11) is -3.14. The van der Waals surface area contributed by atoms with E-state index in [0.717, 1.165) is 16.6 Å². The topological polar surface area (TPSA) is 95.3 Å². The van der Waals surface area contributed by atoms with E-state index < -0.39 is 10.0 Å². The number of benzene rings is 1. The van der Waals surface area contributed by atoms with Gasteiger partial charge in [0.1, 0.15) is 0 Å². The first kappa shape index (κ1) is 14.4. The number of nitrogens with one attached hydrogen (secondary N) is 1. The molecular formula is C12H16ClN5O2S. The molecule has 0 spiro atoms. The van der Waals surface area contributed by atoms with E-state index in [-0.39, 0.29) is 0 Å². The van der Waals surface area contributed by atoms with Crippen molar-refractivity contribution in [3.05, 3.63) is 17.2 Å². The van der Waals surface area contributed by atoms with Crippen LogP contribution in [0.15, 0.2) is 12.1 Å². The van der Waals surface area contributed by atoms with Crippen LogP contribution < -0.4 is 10.6 Å². The highest BCUT2D eigenvalue weighted by molar-refractivity contribution is 7.88. The number of H-pyrrole nitrogens is 1. The van der Waals surface area contributed by atoms with Crippen LogP contribution >= 0.6 is 11.6 Å². The maximum absolute atomic E-state index is 11.6. The van der Waals surface area contributed by atoms with Gasteiger partial charge >= 0.3 is 0 Å². The number of nitrogens with two attached hydrogens (primary N) is 1. The molecule has 7 nitrogen and oxygen atoms in total. The van der Waals surface area contributed by atoms with E-state index in [2.05, 4.69) is 15.1 Å². The van der Waals surface area contributed by atoms with Gasteiger partial charge in [0.05, 0.1) is 22.8 Å². The van der Waals surface area contributed by atoms with E-state index >= 15 is 0 Å². The van der Waals surface area contributed by atoms with Crippen LogP contribution in [0.5, 0.6) is 0 Å². The lowest BCUT2D eigenvalue weighted by Gasteiger charge is -2.35. The number of piperazine rings is 1. The van der Waals surface area contributed by atoms with Crippen LogP contribution in [-0.2, 0) is 10.0 Å². The van der Waals surface area contributed by atoms with Crippen molar-refractivity contribution in [2.45, 2.75) is 0 Å². The largest absolute Gasteiger partial charge is 0.382 e. The molecule has 1 aliphatic rings. The van der Waals surface area contributed by atoms with Crippen molar-refractivity contribution in [2.75, 3.05) is 43.1 Å². The van der Waals surface area contributed by atoms with Gasteiger partial charge in [-0.05, 0) is 12.1 Å². The second-order valence-corrected chi connectivity index (χ2v) is 7.52. The SMILES string of the molecule is CS(=O)(=O)N1CCN(c2cc(Cl)cc3[nH]nc(N)c23)CC1. The number of fused-ring (bicyclic) bond motifs is 1. The molecule has 0 bridgehead atoms. The summed E-state index contributed by atoms with van der Waals surface area (Å²) >= 11 is 6.13. The normalized spacial score (nSPS) is 17.5. The minimum absolute atomic E-state index is 0.419. The molecule has 1 aromatic heterocycles. The Morgan fingerprint density at radius 3 is 2.57 bits per heavy atom. The van der Waals surface area contributed by atoms with Crippen molar-refractivity contribution >= 4 is 44.0 Å². The van der Waals surface area contributed by atoms with Crippen LogP contribution in [0, 0.1) is 0 Å². The number of aromatic amines is 1. The second-order valence-electron chi connectivity index (χ2n) is 5.11. The van der Waals surface area contributed by atoms with Crippen molar-refractivity contribution in [3.63, 3.8) is 0 Å². The zero-order chi connectivity index (χ0) is 15.2. The zero-order valence-electron chi connectivity index (χ0n) is 11.5. The van der Waals surface area contributed by atoms with Gasteiger partial charge in [-0.25, -0.2) is 8.42 Å². The number of hydrogen-bond donors (Lipinski definition) is 2. The van der Waals surface area contributed by atoms with Crippen molar-refractivity contribution < 1.29 is 8.42 Å². The van der Waals surface area contributed by atoms with E-state index in [9.17, 15) is 8.42 Å². The molecule has 0 unspecified atom stereocenters. The Morgan fingerprint density at radius 2 is 1.95 bits per heavy atom. The molecule has 2 aromatic rings. The average molecular weight is 330 g/mol. The molecular weight excluding hydrogens is 314 g/mol. The number of nitrogen functional groups attached to an aromatic ring is 1. The fraction of sp³-hybridized carbons (Fsp3) is 0.417. The van der Waals surface area contributed by atoms with Gasteiger partial charge in [0.2, 0.25) is 10.0 Å². The monoisotopic (exact) mass is 329 g/mol. The van der Waals surface area contributed by atoms with Crippen molar-refractivity contribution in [3.8, 4) is 0 Å². The smallest absolute Gasteiger partial charge is 0.211 e. The zero-order valence-corrected chi connectivity index (χ0v) is 13.1. The standard InChI is InChI=1S/C12H16ClN5O2S/c1-21(19,20)18-4-2-17(3-5-18)10-7-8(13)6-9-11(10)12(14)16-15-9/h6-7H,2-5H2,1H3,(H3,14,15,16). The molecule has 0 atom stereocenters. The minimum atomic E-state index is -3.14. The van der Waals surface area contributed by atoms with E-state index in [1.807, 2.05) is 6.07 Å². The number of halogens is 1. The molecule has 0 amide bonds. The predicted molar refractivity (Wildman–Crippen MR) is 84.1 cm³/mol. The summed E-state index contributed by atoms with van der Waals surface area (Å²) in [5, 5.41) is 8.27. The summed E-state index contributed by atoms with van der Waals surface area (Å²) in [5.41, 5.74) is 7.58. The molecule has 0 radical (unpaired) electrons. The Labute approximate surface area is 127 Å². The molecule has 3 rings (SSSR count). The number of rotatable bonds is 2. The first-order valence-electron chi connectivity index (χ1n) is 6.49. The summed E-state index contributed by atoms with van der Waals surface area (Å²) in [6.45, 7) is 2.08. The lowest BCUT2D eigenvalue weighted by Crippen LogP contribution is -2.48. The van der Waals surface area contributed by atoms with Crippen LogP contribution in [0.1, 0.15) is 0 Å². The molecule has 21 heavy (non-hydrogen) atoms. The van der Waals surface area contributed by atoms with Gasteiger partial charge in [-0.2, -0.15) is 9.40 Å². The number of hydrogen-bond acceptors (Lipinski definition) is 5. The first-order chi connectivity index (χ1) is 9.86. The van der Waals surface area contributed by atoms with Crippen molar-refractivity contribution in [2.24, 2.45) is 0 Å². The molecule has 1 saturated heterocycles. The first-order valence-corrected chi connectivity index (χ1v) is 8.72. The third kappa shape index (κ3) is 2.66. The van der Waals surface area contributed by atoms with Gasteiger partial charge in [-0.15, -0.1) is 0 Å². The highest BCUT2D eigenvalue weighted by Gasteiger charge is 2.25. The third-order valence-corrected chi connectivity index (χ3v) is 5.20. The number of aromatic nitrogens is 2. The lowest BCUT2D eigenvalue weighted by molar-refractivity contribution is 0.388. The summed E-state index contributed by atoms with van der Waals surface area (Å²) in [5.74, 6) is 0.419. The summed E-state index contributed by atoms with van der Waals surface area (Å²) in [6.07, 6.45) is 1.23. The fourth-order valence-corrected chi connectivity index (χ4v) is 3.68. The van der Waals surface area contributed by atoms with Gasteiger partial charge in [-0.1, -0.05) is 11.6 Å². The molecule has 3 N–H and O–H groups in total. The van der Waals surface area contributed by atoms with Gasteiger partial charge in [-0.3, -0.25) is 5.10 Å². The Hall–Kier alpha value is -1.51. The van der Waals surface area contributed by atoms with E-state index in [0.29, 0.717) is 37.0 Å². The fourth-order valence-electron chi connectivity index (χ4n) is 2.64. The Morgan fingerprint density at radius 1 is 1.29 bits per heavy atom. The molecule has 1 aromatic carbocycles. The Bertz CT molecular complexity index is 780. The summed E-state index contributed by atoms with van der Waals surface area (Å²) < 4.78 is 24.6. The molecule has 2 heterocycles. The number of anilines is 2. The van der Waals surface area contributed by atoms with Crippen molar-refractivity contribution in [1.82, 2.24) is 14.5 Å². The van der Waals surface area contributed by atoms with E-state index in [1.165, 1.54) is 10.6 Å². The Kier molecular flexibility index (Phi) is 3.46. The third-order valence-electron chi connectivity index (χ3n) is 3.68. The maximum Gasteiger partial charge on any atom is 0.211 e. The number of nitrogens with zero attached hydrogens (tertiary/aromatic N) is 3. The summed E-state index contributed by atoms with van der Waals surface area (Å²) in [6, 6.07) is 3.61. The second kappa shape index (κ2) is 5.04. The predicted octanol–water partition coefficient (Wildman–Crippen LogP) is 0.880. The molecule has 1 aliphatic heterocycles. The quantitative estimate of drug-likeness (QED) is 0.852. The van der Waals surface area contributed by atoms with Gasteiger partial charge < -0.3 is 10.6 Å². The van der Waals surface area contributed by atoms with Crippen LogP contribution in [0.3, 0.4) is 0 Å². The molecule has 114 valence electrons. The van der Waals surface area contributed by atoms with Gasteiger partial charge in [0, 0.05) is 31.2 Å². The van der Waals surface area contributed by atoms with Crippen LogP contribution in [-0.4, -0.2) is 55.4 Å². The maximum atomic E-state index is 11.6. The Balaban J connectivity index is 1.94. The molecule has 1 fully saturated rings.